The van der Waals surface area contributed by atoms with Crippen molar-refractivity contribution in [2.75, 3.05) is 5.32 Å². The fourth-order valence-corrected chi connectivity index (χ4v) is 1.70. The Kier molecular flexibility index (Phi) is 4.25. The third-order valence-corrected chi connectivity index (χ3v) is 2.73. The quantitative estimate of drug-likeness (QED) is 0.762. The number of carbonyl (C=O) groups excluding carboxylic acids is 1. The van der Waals surface area contributed by atoms with Crippen molar-refractivity contribution in [1.82, 2.24) is 20.5 Å². The van der Waals surface area contributed by atoms with Crippen LogP contribution in [-0.2, 0) is 11.3 Å². The number of amides is 1. The smallest absolute Gasteiger partial charge is 0.221 e. The molecule has 1 aromatic heterocycles. The molecule has 6 heteroatoms. The van der Waals surface area contributed by atoms with Crippen LogP contribution in [0.3, 0.4) is 0 Å². The van der Waals surface area contributed by atoms with Crippen molar-refractivity contribution in [3.8, 4) is 0 Å². The number of benzene rings is 1. The molecule has 3 N–H and O–H groups in total. The number of aromatic amines is 1. The van der Waals surface area contributed by atoms with Crippen LogP contribution in [0.25, 0.3) is 0 Å². The van der Waals surface area contributed by atoms with Crippen molar-refractivity contribution in [1.29, 1.82) is 0 Å². The van der Waals surface area contributed by atoms with E-state index in [2.05, 4.69) is 25.8 Å². The first kappa shape index (κ1) is 13.2. The maximum absolute atomic E-state index is 10.9. The SMILES string of the molecule is CC(=O)Nc1ccc(CNC(C)c2ncn[nH]2)cc1. The van der Waals surface area contributed by atoms with E-state index in [1.807, 2.05) is 31.2 Å². The standard InChI is InChI=1S/C13H17N5O/c1-9(13-15-8-16-18-13)14-7-11-3-5-12(6-4-11)17-10(2)19/h3-6,8-9,14H,7H2,1-2H3,(H,17,19)(H,15,16,18). The summed E-state index contributed by atoms with van der Waals surface area (Å²) in [6.07, 6.45) is 1.50. The van der Waals surface area contributed by atoms with E-state index in [4.69, 9.17) is 0 Å². The number of hydrogen-bond donors (Lipinski definition) is 3. The van der Waals surface area contributed by atoms with Crippen LogP contribution in [0.1, 0.15) is 31.3 Å². The second-order valence-corrected chi connectivity index (χ2v) is 4.35. The van der Waals surface area contributed by atoms with Gasteiger partial charge in [-0.15, -0.1) is 0 Å². The Bertz CT molecular complexity index is 520. The fourth-order valence-electron chi connectivity index (χ4n) is 1.70. The number of carbonyl (C=O) groups is 1. The maximum atomic E-state index is 10.9. The summed E-state index contributed by atoms with van der Waals surface area (Å²) >= 11 is 0. The highest BCUT2D eigenvalue weighted by Crippen LogP contribution is 2.11. The molecule has 1 amide bonds. The second kappa shape index (κ2) is 6.10. The maximum Gasteiger partial charge on any atom is 0.221 e. The molecular formula is C13H17N5O. The number of aromatic nitrogens is 3. The molecule has 0 aliphatic heterocycles. The first-order valence-electron chi connectivity index (χ1n) is 6.10. The molecule has 100 valence electrons. The van der Waals surface area contributed by atoms with Crippen molar-refractivity contribution in [3.05, 3.63) is 42.0 Å². The first-order chi connectivity index (χ1) is 9.15. The van der Waals surface area contributed by atoms with Gasteiger partial charge in [0, 0.05) is 19.2 Å². The van der Waals surface area contributed by atoms with Gasteiger partial charge in [-0.25, -0.2) is 4.98 Å². The van der Waals surface area contributed by atoms with E-state index in [1.165, 1.54) is 13.3 Å². The molecule has 1 heterocycles. The van der Waals surface area contributed by atoms with Crippen LogP contribution < -0.4 is 10.6 Å². The van der Waals surface area contributed by atoms with Gasteiger partial charge in [0.15, 0.2) is 0 Å². The lowest BCUT2D eigenvalue weighted by Crippen LogP contribution is -2.19. The number of H-pyrrole nitrogens is 1. The minimum absolute atomic E-state index is 0.0650. The van der Waals surface area contributed by atoms with Crippen molar-refractivity contribution in [2.24, 2.45) is 0 Å². The zero-order valence-corrected chi connectivity index (χ0v) is 11.0. The Morgan fingerprint density at radius 1 is 1.37 bits per heavy atom. The Labute approximate surface area is 111 Å². The van der Waals surface area contributed by atoms with E-state index in [0.29, 0.717) is 0 Å². The van der Waals surface area contributed by atoms with Gasteiger partial charge < -0.3 is 10.6 Å². The van der Waals surface area contributed by atoms with Crippen molar-refractivity contribution in [3.63, 3.8) is 0 Å². The zero-order chi connectivity index (χ0) is 13.7. The predicted molar refractivity (Wildman–Crippen MR) is 72.4 cm³/mol. The molecule has 0 aliphatic rings. The Hall–Kier alpha value is -2.21. The van der Waals surface area contributed by atoms with E-state index in [1.54, 1.807) is 0 Å². The van der Waals surface area contributed by atoms with Crippen LogP contribution in [0.4, 0.5) is 5.69 Å². The van der Waals surface area contributed by atoms with E-state index < -0.39 is 0 Å². The number of nitrogens with one attached hydrogen (secondary N) is 3. The van der Waals surface area contributed by atoms with E-state index in [9.17, 15) is 4.79 Å². The molecule has 1 aromatic carbocycles. The van der Waals surface area contributed by atoms with Crippen LogP contribution in [0.15, 0.2) is 30.6 Å². The summed E-state index contributed by atoms with van der Waals surface area (Å²) < 4.78 is 0. The van der Waals surface area contributed by atoms with Gasteiger partial charge in [0.05, 0.1) is 6.04 Å². The van der Waals surface area contributed by atoms with E-state index in [0.717, 1.165) is 23.6 Å². The third kappa shape index (κ3) is 3.89. The number of hydrogen-bond acceptors (Lipinski definition) is 4. The lowest BCUT2D eigenvalue weighted by Gasteiger charge is -2.11. The molecule has 0 saturated heterocycles. The molecule has 6 nitrogen and oxygen atoms in total. The summed E-state index contributed by atoms with van der Waals surface area (Å²) in [6.45, 7) is 4.24. The lowest BCUT2D eigenvalue weighted by atomic mass is 10.2. The van der Waals surface area contributed by atoms with E-state index >= 15 is 0 Å². The van der Waals surface area contributed by atoms with Gasteiger partial charge in [0.2, 0.25) is 5.91 Å². The summed E-state index contributed by atoms with van der Waals surface area (Å²) in [5.74, 6) is 0.750. The molecular weight excluding hydrogens is 242 g/mol. The van der Waals surface area contributed by atoms with Crippen LogP contribution in [-0.4, -0.2) is 21.1 Å². The van der Waals surface area contributed by atoms with Crippen molar-refractivity contribution in [2.45, 2.75) is 26.4 Å². The number of rotatable bonds is 5. The molecule has 0 fully saturated rings. The molecule has 19 heavy (non-hydrogen) atoms. The van der Waals surface area contributed by atoms with Crippen molar-refractivity contribution >= 4 is 11.6 Å². The largest absolute Gasteiger partial charge is 0.326 e. The highest BCUT2D eigenvalue weighted by atomic mass is 16.1. The fraction of sp³-hybridized carbons (Fsp3) is 0.308. The van der Waals surface area contributed by atoms with Gasteiger partial charge in [-0.2, -0.15) is 5.10 Å². The third-order valence-electron chi connectivity index (χ3n) is 2.73. The topological polar surface area (TPSA) is 82.7 Å². The Balaban J connectivity index is 1.88. The van der Waals surface area contributed by atoms with Gasteiger partial charge in [-0.3, -0.25) is 9.89 Å². The molecule has 1 atom stereocenters. The van der Waals surface area contributed by atoms with Crippen LogP contribution >= 0.6 is 0 Å². The van der Waals surface area contributed by atoms with Gasteiger partial charge in [-0.05, 0) is 24.6 Å². The highest BCUT2D eigenvalue weighted by Gasteiger charge is 2.07. The van der Waals surface area contributed by atoms with Crippen LogP contribution in [0.2, 0.25) is 0 Å². The first-order valence-corrected chi connectivity index (χ1v) is 6.10. The Morgan fingerprint density at radius 2 is 2.11 bits per heavy atom. The molecule has 0 spiro atoms. The molecule has 0 saturated carbocycles. The minimum Gasteiger partial charge on any atom is -0.326 e. The summed E-state index contributed by atoms with van der Waals surface area (Å²) in [4.78, 5) is 15.0. The zero-order valence-electron chi connectivity index (χ0n) is 11.0. The molecule has 2 aromatic rings. The predicted octanol–water partition coefficient (Wildman–Crippen LogP) is 1.61. The van der Waals surface area contributed by atoms with Crippen LogP contribution in [0, 0.1) is 0 Å². The molecule has 2 rings (SSSR count). The summed E-state index contributed by atoms with van der Waals surface area (Å²) in [7, 11) is 0. The highest BCUT2D eigenvalue weighted by molar-refractivity contribution is 5.88. The van der Waals surface area contributed by atoms with E-state index in [-0.39, 0.29) is 11.9 Å². The van der Waals surface area contributed by atoms with Gasteiger partial charge in [0.25, 0.3) is 0 Å². The second-order valence-electron chi connectivity index (χ2n) is 4.35. The monoisotopic (exact) mass is 259 g/mol. The van der Waals surface area contributed by atoms with Crippen LogP contribution in [0.5, 0.6) is 0 Å². The molecule has 0 bridgehead atoms. The van der Waals surface area contributed by atoms with Gasteiger partial charge >= 0.3 is 0 Å². The number of nitrogens with zero attached hydrogens (tertiary/aromatic N) is 2. The molecule has 0 radical (unpaired) electrons. The van der Waals surface area contributed by atoms with Crippen molar-refractivity contribution < 1.29 is 4.79 Å². The van der Waals surface area contributed by atoms with Gasteiger partial charge in [0.1, 0.15) is 12.2 Å². The average molecular weight is 259 g/mol. The number of anilines is 1. The summed E-state index contributed by atoms with van der Waals surface area (Å²) in [6, 6.07) is 7.84. The summed E-state index contributed by atoms with van der Waals surface area (Å²) in [5, 5.41) is 12.7. The average Bonchev–Trinajstić information content (AvgIpc) is 2.91. The van der Waals surface area contributed by atoms with Gasteiger partial charge in [-0.1, -0.05) is 12.1 Å². The molecule has 1 unspecified atom stereocenters. The normalized spacial score (nSPS) is 12.1. The lowest BCUT2D eigenvalue weighted by molar-refractivity contribution is -0.114. The summed E-state index contributed by atoms with van der Waals surface area (Å²) in [5.41, 5.74) is 1.94. The molecule has 0 aliphatic carbocycles. The Morgan fingerprint density at radius 3 is 2.68 bits per heavy atom. The minimum atomic E-state index is -0.0650.